The third-order valence-corrected chi connectivity index (χ3v) is 1.68. The lowest BCUT2D eigenvalue weighted by Gasteiger charge is -2.12. The van der Waals surface area contributed by atoms with Gasteiger partial charge in [0.2, 0.25) is 5.91 Å². The van der Waals surface area contributed by atoms with E-state index in [1.54, 1.807) is 0 Å². The smallest absolute Gasteiger partial charge is 0.228 e. The van der Waals surface area contributed by atoms with E-state index in [4.69, 9.17) is 12.2 Å². The highest BCUT2D eigenvalue weighted by atomic mass is 32.1. The molecular weight excluding hydrogens is 184 g/mol. The summed E-state index contributed by atoms with van der Waals surface area (Å²) in [6.07, 6.45) is 0. The number of hydrogen-bond donors (Lipinski definition) is 2. The fourth-order valence-corrected chi connectivity index (χ4v) is 0.781. The van der Waals surface area contributed by atoms with Gasteiger partial charge in [0.15, 0.2) is 5.11 Å². The molecule has 0 radical (unpaired) electrons. The maximum Gasteiger partial charge on any atom is 0.228 e. The van der Waals surface area contributed by atoms with Crippen LogP contribution < -0.4 is 10.6 Å². The summed E-state index contributed by atoms with van der Waals surface area (Å²) < 4.78 is 0. The van der Waals surface area contributed by atoms with Crippen molar-refractivity contribution in [3.8, 4) is 0 Å². The van der Waals surface area contributed by atoms with Gasteiger partial charge in [-0.2, -0.15) is 0 Å². The van der Waals surface area contributed by atoms with Gasteiger partial charge < -0.3 is 10.6 Å². The average molecular weight is 202 g/mol. The maximum absolute atomic E-state index is 11.2. The van der Waals surface area contributed by atoms with Crippen molar-refractivity contribution in [3.63, 3.8) is 0 Å². The Hall–Kier alpha value is -0.640. The number of carbonyl (C=O) groups is 1. The standard InChI is InChI=1S/C9H18N2OS/c1-6(2)5-10-9(13)11-8(12)7(3)4/h6-7H,5H2,1-4H3,(H2,10,11,12,13). The minimum atomic E-state index is -0.0405. The molecule has 0 fully saturated rings. The molecule has 0 saturated carbocycles. The van der Waals surface area contributed by atoms with Gasteiger partial charge in [0.05, 0.1) is 0 Å². The van der Waals surface area contributed by atoms with Crippen molar-refractivity contribution < 1.29 is 4.79 Å². The van der Waals surface area contributed by atoms with E-state index in [1.165, 1.54) is 0 Å². The van der Waals surface area contributed by atoms with Crippen LogP contribution in [0.25, 0.3) is 0 Å². The van der Waals surface area contributed by atoms with Crippen molar-refractivity contribution in [1.29, 1.82) is 0 Å². The lowest BCUT2D eigenvalue weighted by Crippen LogP contribution is -2.42. The largest absolute Gasteiger partial charge is 0.362 e. The number of thiocarbonyl (C=S) groups is 1. The van der Waals surface area contributed by atoms with Crippen molar-refractivity contribution in [3.05, 3.63) is 0 Å². The van der Waals surface area contributed by atoms with Crippen molar-refractivity contribution in [2.24, 2.45) is 11.8 Å². The predicted molar refractivity (Wildman–Crippen MR) is 58.4 cm³/mol. The third-order valence-electron chi connectivity index (χ3n) is 1.43. The SMILES string of the molecule is CC(C)CNC(=S)NC(=O)C(C)C. The number of carbonyl (C=O) groups excluding carboxylic acids is 1. The van der Waals surface area contributed by atoms with Crippen molar-refractivity contribution >= 4 is 23.2 Å². The van der Waals surface area contributed by atoms with E-state index in [-0.39, 0.29) is 11.8 Å². The fourth-order valence-electron chi connectivity index (χ4n) is 0.597. The Morgan fingerprint density at radius 3 is 2.23 bits per heavy atom. The Bertz CT molecular complexity index is 190. The van der Waals surface area contributed by atoms with Crippen LogP contribution in [0.1, 0.15) is 27.7 Å². The fraction of sp³-hybridized carbons (Fsp3) is 0.778. The van der Waals surface area contributed by atoms with Gasteiger partial charge in [0.1, 0.15) is 0 Å². The van der Waals surface area contributed by atoms with Crippen molar-refractivity contribution in [1.82, 2.24) is 10.6 Å². The second-order valence-corrected chi connectivity index (χ2v) is 4.16. The Morgan fingerprint density at radius 2 is 1.85 bits per heavy atom. The second kappa shape index (κ2) is 5.91. The molecule has 0 aromatic carbocycles. The summed E-state index contributed by atoms with van der Waals surface area (Å²) in [4.78, 5) is 11.2. The first kappa shape index (κ1) is 12.4. The quantitative estimate of drug-likeness (QED) is 0.678. The van der Waals surface area contributed by atoms with E-state index in [2.05, 4.69) is 24.5 Å². The first-order valence-electron chi connectivity index (χ1n) is 4.52. The Morgan fingerprint density at radius 1 is 1.31 bits per heavy atom. The second-order valence-electron chi connectivity index (χ2n) is 3.75. The number of hydrogen-bond acceptors (Lipinski definition) is 2. The van der Waals surface area contributed by atoms with Crippen LogP contribution in [0.5, 0.6) is 0 Å². The topological polar surface area (TPSA) is 41.1 Å². The lowest BCUT2D eigenvalue weighted by atomic mass is 10.2. The van der Waals surface area contributed by atoms with Gasteiger partial charge in [-0.05, 0) is 18.1 Å². The molecule has 0 unspecified atom stereocenters. The van der Waals surface area contributed by atoms with Gasteiger partial charge in [0.25, 0.3) is 0 Å². The summed E-state index contributed by atoms with van der Waals surface area (Å²) in [5.74, 6) is 0.453. The van der Waals surface area contributed by atoms with Crippen LogP contribution in [0.15, 0.2) is 0 Å². The molecule has 1 amide bonds. The maximum atomic E-state index is 11.2. The average Bonchev–Trinajstić information content (AvgIpc) is 2.00. The molecule has 0 aromatic heterocycles. The highest BCUT2D eigenvalue weighted by Gasteiger charge is 2.08. The van der Waals surface area contributed by atoms with Gasteiger partial charge in [-0.15, -0.1) is 0 Å². The molecule has 0 aliphatic carbocycles. The molecule has 0 atom stereocenters. The number of rotatable bonds is 3. The number of amides is 1. The molecule has 0 heterocycles. The molecule has 0 bridgehead atoms. The molecule has 0 saturated heterocycles. The summed E-state index contributed by atoms with van der Waals surface area (Å²) in [6, 6.07) is 0. The summed E-state index contributed by atoms with van der Waals surface area (Å²) in [7, 11) is 0. The minimum Gasteiger partial charge on any atom is -0.362 e. The van der Waals surface area contributed by atoms with E-state index in [9.17, 15) is 4.79 Å². The van der Waals surface area contributed by atoms with E-state index >= 15 is 0 Å². The molecule has 0 spiro atoms. The van der Waals surface area contributed by atoms with E-state index in [0.29, 0.717) is 11.0 Å². The van der Waals surface area contributed by atoms with Gasteiger partial charge >= 0.3 is 0 Å². The van der Waals surface area contributed by atoms with Crippen LogP contribution in [0.2, 0.25) is 0 Å². The lowest BCUT2D eigenvalue weighted by molar-refractivity contribution is -0.122. The molecule has 0 aromatic rings. The van der Waals surface area contributed by atoms with Crippen LogP contribution in [0.4, 0.5) is 0 Å². The van der Waals surface area contributed by atoms with Crippen LogP contribution in [-0.4, -0.2) is 17.6 Å². The third kappa shape index (κ3) is 6.51. The molecule has 0 aliphatic rings. The predicted octanol–water partition coefficient (Wildman–Crippen LogP) is 1.29. The van der Waals surface area contributed by atoms with Gasteiger partial charge in [-0.3, -0.25) is 4.79 Å². The molecular formula is C9H18N2OS. The normalized spacial score (nSPS) is 10.3. The Balaban J connectivity index is 3.69. The summed E-state index contributed by atoms with van der Waals surface area (Å²) in [6.45, 7) is 8.62. The van der Waals surface area contributed by atoms with Crippen LogP contribution in [-0.2, 0) is 4.79 Å². The zero-order valence-electron chi connectivity index (χ0n) is 8.68. The van der Waals surface area contributed by atoms with Gasteiger partial charge in [-0.1, -0.05) is 27.7 Å². The molecule has 76 valence electrons. The molecule has 0 aliphatic heterocycles. The van der Waals surface area contributed by atoms with Gasteiger partial charge in [-0.25, -0.2) is 0 Å². The first-order chi connectivity index (χ1) is 5.93. The van der Waals surface area contributed by atoms with Crippen LogP contribution >= 0.6 is 12.2 Å². The zero-order chi connectivity index (χ0) is 10.4. The van der Waals surface area contributed by atoms with E-state index in [0.717, 1.165) is 6.54 Å². The molecule has 0 rings (SSSR count). The monoisotopic (exact) mass is 202 g/mol. The molecule has 4 heteroatoms. The summed E-state index contributed by atoms with van der Waals surface area (Å²) in [5, 5.41) is 6.01. The summed E-state index contributed by atoms with van der Waals surface area (Å²) >= 11 is 4.92. The van der Waals surface area contributed by atoms with E-state index in [1.807, 2.05) is 13.8 Å². The molecule has 3 nitrogen and oxygen atoms in total. The zero-order valence-corrected chi connectivity index (χ0v) is 9.49. The van der Waals surface area contributed by atoms with Crippen LogP contribution in [0.3, 0.4) is 0 Å². The first-order valence-corrected chi connectivity index (χ1v) is 4.93. The molecule has 2 N–H and O–H groups in total. The summed E-state index contributed by atoms with van der Waals surface area (Å²) in [5.41, 5.74) is 0. The Labute approximate surface area is 85.3 Å². The van der Waals surface area contributed by atoms with Crippen LogP contribution in [0, 0.1) is 11.8 Å². The van der Waals surface area contributed by atoms with Crippen molar-refractivity contribution in [2.75, 3.05) is 6.54 Å². The minimum absolute atomic E-state index is 0.0289. The number of nitrogens with one attached hydrogen (secondary N) is 2. The van der Waals surface area contributed by atoms with E-state index < -0.39 is 0 Å². The van der Waals surface area contributed by atoms with Crippen molar-refractivity contribution in [2.45, 2.75) is 27.7 Å². The Kier molecular flexibility index (Phi) is 5.62. The highest BCUT2D eigenvalue weighted by Crippen LogP contribution is 1.91. The van der Waals surface area contributed by atoms with Gasteiger partial charge in [0, 0.05) is 12.5 Å². The highest BCUT2D eigenvalue weighted by molar-refractivity contribution is 7.80. The molecule has 13 heavy (non-hydrogen) atoms.